The van der Waals surface area contributed by atoms with Crippen molar-refractivity contribution in [2.24, 2.45) is 0 Å². The molecule has 0 amide bonds. The number of hydrogen-bond donors (Lipinski definition) is 1. The van der Waals surface area contributed by atoms with E-state index in [1.165, 1.54) is 0 Å². The predicted octanol–water partition coefficient (Wildman–Crippen LogP) is 4.02. The molecular weight excluding hydrogens is 384 g/mol. The van der Waals surface area contributed by atoms with Crippen LogP contribution in [0.2, 0.25) is 0 Å². The Morgan fingerprint density at radius 1 is 1.19 bits per heavy atom. The Hall–Kier alpha value is -1.87. The molecule has 27 heavy (non-hydrogen) atoms. The molecule has 6 nitrogen and oxygen atoms in total. The number of methoxy groups -OCH3 is 1. The molecule has 1 N–H and O–H groups in total. The molecule has 1 unspecified atom stereocenters. The predicted molar refractivity (Wildman–Crippen MR) is 114 cm³/mol. The van der Waals surface area contributed by atoms with Gasteiger partial charge in [-0.05, 0) is 24.6 Å². The fraction of sp³-hybridized carbons (Fsp3) is 0.316. The summed E-state index contributed by atoms with van der Waals surface area (Å²) < 4.78 is 17.7. The van der Waals surface area contributed by atoms with Gasteiger partial charge in [0.2, 0.25) is 0 Å². The topological polar surface area (TPSA) is 60.0 Å². The van der Waals surface area contributed by atoms with E-state index in [0.29, 0.717) is 6.61 Å². The molecule has 2 aromatic rings. The summed E-state index contributed by atoms with van der Waals surface area (Å²) >= 11 is 1.13. The van der Waals surface area contributed by atoms with E-state index in [2.05, 4.69) is 5.48 Å². The number of rotatable bonds is 10. The van der Waals surface area contributed by atoms with Crippen molar-refractivity contribution < 1.29 is 18.6 Å². The van der Waals surface area contributed by atoms with Crippen molar-refractivity contribution in [3.05, 3.63) is 60.2 Å². The van der Waals surface area contributed by atoms with Crippen molar-refractivity contribution in [1.29, 1.82) is 0 Å². The number of hydroxylamine groups is 1. The fourth-order valence-electron chi connectivity index (χ4n) is 2.28. The Morgan fingerprint density at radius 3 is 2.59 bits per heavy atom. The van der Waals surface area contributed by atoms with Crippen molar-refractivity contribution in [3.63, 3.8) is 0 Å². The number of hydrogen-bond acceptors (Lipinski definition) is 7. The maximum absolute atomic E-state index is 11.9. The Kier molecular flexibility index (Phi) is 10.7. The number of esters is 1. The molecule has 0 fully saturated rings. The van der Waals surface area contributed by atoms with E-state index in [4.69, 9.17) is 13.8 Å². The molecule has 0 radical (unpaired) electrons. The van der Waals surface area contributed by atoms with Gasteiger partial charge in [-0.1, -0.05) is 36.4 Å². The Balaban J connectivity index is 0.00000364. The normalized spacial score (nSPS) is 11.2. The summed E-state index contributed by atoms with van der Waals surface area (Å²) in [4.78, 5) is 11.9. The van der Waals surface area contributed by atoms with Crippen LogP contribution in [0.25, 0.3) is 0 Å². The van der Waals surface area contributed by atoms with Crippen molar-refractivity contribution in [3.8, 4) is 5.75 Å². The average Bonchev–Trinajstić information content (AvgIpc) is 2.68. The van der Waals surface area contributed by atoms with Gasteiger partial charge in [0.25, 0.3) is 0 Å². The second kappa shape index (κ2) is 12.5. The van der Waals surface area contributed by atoms with Gasteiger partial charge < -0.3 is 9.47 Å². The zero-order valence-corrected chi connectivity index (χ0v) is 17.5. The van der Waals surface area contributed by atoms with Crippen molar-refractivity contribution in [1.82, 2.24) is 5.48 Å². The summed E-state index contributed by atoms with van der Waals surface area (Å²) in [6, 6.07) is 17.0. The molecule has 0 aliphatic carbocycles. The number of carbonyl (C=O) groups is 1. The van der Waals surface area contributed by atoms with Gasteiger partial charge in [0.05, 0.1) is 31.9 Å². The number of nitrogens with one attached hydrogen (secondary N) is 1. The van der Waals surface area contributed by atoms with Crippen molar-refractivity contribution in [2.45, 2.75) is 19.4 Å². The molecule has 0 spiro atoms. The zero-order chi connectivity index (χ0) is 18.8. The van der Waals surface area contributed by atoms with Crippen LogP contribution in [-0.2, 0) is 13.8 Å². The van der Waals surface area contributed by atoms with E-state index in [1.54, 1.807) is 14.0 Å². The lowest BCUT2D eigenvalue weighted by molar-refractivity contribution is -0.144. The molecule has 148 valence electrons. The molecule has 0 saturated heterocycles. The minimum absolute atomic E-state index is 0. The quantitative estimate of drug-likeness (QED) is 0.275. The summed E-state index contributed by atoms with van der Waals surface area (Å²) in [6.07, 6.45) is 0.182. The molecule has 2 rings (SSSR count). The standard InChI is InChI=1S/C19H24N2O4S.H2S/c1-4-24-19(22)14-18(15-9-6-5-7-10-15)20-25-26-21(2)16-11-8-12-17(13-16)23-3;/h5-13,18,20H,4,14H2,1-3H3;1H2. The third-order valence-electron chi connectivity index (χ3n) is 3.63. The number of ether oxygens (including phenoxy) is 2. The first kappa shape index (κ1) is 23.2. The number of nitrogens with zero attached hydrogens (tertiary/aromatic N) is 1. The Labute approximate surface area is 171 Å². The molecule has 1 atom stereocenters. The third-order valence-corrected chi connectivity index (χ3v) is 4.24. The van der Waals surface area contributed by atoms with Gasteiger partial charge in [0.1, 0.15) is 18.0 Å². The first-order chi connectivity index (χ1) is 12.6. The average molecular weight is 411 g/mol. The van der Waals surface area contributed by atoms with Crippen LogP contribution < -0.4 is 14.5 Å². The van der Waals surface area contributed by atoms with E-state index in [1.807, 2.05) is 66.0 Å². The second-order valence-corrected chi connectivity index (χ2v) is 6.31. The van der Waals surface area contributed by atoms with Crippen LogP contribution in [0, 0.1) is 0 Å². The zero-order valence-electron chi connectivity index (χ0n) is 15.7. The Bertz CT molecular complexity index is 688. The van der Waals surface area contributed by atoms with Crippen LogP contribution >= 0.6 is 25.7 Å². The van der Waals surface area contributed by atoms with Gasteiger partial charge in [-0.15, -0.1) is 0 Å². The monoisotopic (exact) mass is 410 g/mol. The number of anilines is 1. The molecule has 0 aliphatic heterocycles. The molecule has 8 heteroatoms. The molecule has 0 heterocycles. The summed E-state index contributed by atoms with van der Waals surface area (Å²) in [6.45, 7) is 2.15. The second-order valence-electron chi connectivity index (χ2n) is 5.45. The Morgan fingerprint density at radius 2 is 1.93 bits per heavy atom. The van der Waals surface area contributed by atoms with Crippen LogP contribution in [-0.4, -0.2) is 26.7 Å². The molecule has 0 aliphatic rings. The highest BCUT2D eigenvalue weighted by Gasteiger charge is 2.17. The van der Waals surface area contributed by atoms with Crippen LogP contribution in [0.5, 0.6) is 5.75 Å². The van der Waals surface area contributed by atoms with Crippen LogP contribution in [0.1, 0.15) is 24.9 Å². The van der Waals surface area contributed by atoms with E-state index in [0.717, 1.165) is 29.2 Å². The lowest BCUT2D eigenvalue weighted by atomic mass is 10.1. The van der Waals surface area contributed by atoms with Gasteiger partial charge >= 0.3 is 5.97 Å². The molecule has 0 saturated carbocycles. The first-order valence-corrected chi connectivity index (χ1v) is 9.01. The van der Waals surface area contributed by atoms with Crippen LogP contribution in [0.15, 0.2) is 54.6 Å². The highest BCUT2D eigenvalue weighted by Crippen LogP contribution is 2.26. The summed E-state index contributed by atoms with van der Waals surface area (Å²) in [5.74, 6) is 0.496. The number of benzene rings is 2. The third kappa shape index (κ3) is 7.72. The van der Waals surface area contributed by atoms with Gasteiger partial charge in [-0.3, -0.25) is 9.10 Å². The smallest absolute Gasteiger partial charge is 0.307 e. The summed E-state index contributed by atoms with van der Waals surface area (Å²) in [5.41, 5.74) is 4.82. The van der Waals surface area contributed by atoms with Gasteiger partial charge in [0, 0.05) is 13.1 Å². The van der Waals surface area contributed by atoms with E-state index >= 15 is 0 Å². The van der Waals surface area contributed by atoms with Crippen LogP contribution in [0.3, 0.4) is 0 Å². The first-order valence-electron chi connectivity index (χ1n) is 8.31. The van der Waals surface area contributed by atoms with Gasteiger partial charge in [-0.25, -0.2) is 4.28 Å². The highest BCUT2D eigenvalue weighted by atomic mass is 32.2. The number of carbonyl (C=O) groups excluding carboxylic acids is 1. The van der Waals surface area contributed by atoms with Crippen molar-refractivity contribution >= 4 is 37.4 Å². The molecule has 0 aromatic heterocycles. The highest BCUT2D eigenvalue weighted by molar-refractivity contribution is 7.96. The maximum atomic E-state index is 11.9. The van der Waals surface area contributed by atoms with Gasteiger partial charge in [-0.2, -0.15) is 19.0 Å². The molecule has 0 bridgehead atoms. The summed E-state index contributed by atoms with van der Waals surface area (Å²) in [5, 5.41) is 0. The lowest BCUT2D eigenvalue weighted by Gasteiger charge is -2.21. The maximum Gasteiger partial charge on any atom is 0.307 e. The SMILES string of the molecule is CCOC(=O)CC(NOSN(C)c1cccc(OC)c1)c1ccccc1.S. The van der Waals surface area contributed by atoms with E-state index < -0.39 is 0 Å². The van der Waals surface area contributed by atoms with Crippen LogP contribution in [0.4, 0.5) is 5.69 Å². The molecular formula is C19H26N2O4S2. The lowest BCUT2D eigenvalue weighted by Crippen LogP contribution is -2.24. The summed E-state index contributed by atoms with van der Waals surface area (Å²) in [7, 11) is 3.51. The van der Waals surface area contributed by atoms with E-state index in [9.17, 15) is 4.79 Å². The minimum atomic E-state index is -0.304. The minimum Gasteiger partial charge on any atom is -0.497 e. The van der Waals surface area contributed by atoms with E-state index in [-0.39, 0.29) is 31.9 Å². The largest absolute Gasteiger partial charge is 0.497 e. The molecule has 2 aromatic carbocycles. The van der Waals surface area contributed by atoms with Gasteiger partial charge in [0.15, 0.2) is 0 Å². The van der Waals surface area contributed by atoms with Crippen molar-refractivity contribution in [2.75, 3.05) is 25.1 Å². The fourth-order valence-corrected chi connectivity index (χ4v) is 2.75.